The Morgan fingerprint density at radius 2 is 1.57 bits per heavy atom. The van der Waals surface area contributed by atoms with Gasteiger partial charge in [0, 0.05) is 11.0 Å². The van der Waals surface area contributed by atoms with E-state index in [1.165, 1.54) is 18.2 Å². The van der Waals surface area contributed by atoms with Crippen molar-refractivity contribution in [3.8, 4) is 0 Å². The molecule has 0 fully saturated rings. The van der Waals surface area contributed by atoms with E-state index in [0.29, 0.717) is 5.56 Å². The molecule has 1 atom stereocenters. The number of aliphatic hydroxyl groups is 1. The van der Waals surface area contributed by atoms with Gasteiger partial charge in [-0.1, -0.05) is 32.0 Å². The zero-order chi connectivity index (χ0) is 15.8. The number of benzene rings is 2. The molecule has 21 heavy (non-hydrogen) atoms. The molecule has 0 saturated carbocycles. The summed E-state index contributed by atoms with van der Waals surface area (Å²) in [5.74, 6) is -0.739. The molecule has 2 aromatic rings. The molecule has 0 saturated heterocycles. The van der Waals surface area contributed by atoms with E-state index in [1.54, 1.807) is 19.1 Å². The molecule has 1 N–H and O–H groups in total. The van der Waals surface area contributed by atoms with E-state index in [2.05, 4.69) is 0 Å². The Balaban J connectivity index is 2.47. The van der Waals surface area contributed by atoms with Crippen molar-refractivity contribution in [3.05, 3.63) is 70.3 Å². The minimum Gasteiger partial charge on any atom is -0.387 e. The fraction of sp³-hybridized carbons (Fsp3) is 0.333. The van der Waals surface area contributed by atoms with Crippen molar-refractivity contribution in [2.45, 2.75) is 39.2 Å². The third-order valence-corrected chi connectivity index (χ3v) is 4.03. The Labute approximate surface area is 124 Å². The lowest BCUT2D eigenvalue weighted by Crippen LogP contribution is -2.28. The Bertz CT molecular complexity index is 622. The van der Waals surface area contributed by atoms with Crippen LogP contribution in [0.25, 0.3) is 0 Å². The second-order valence-corrected chi connectivity index (χ2v) is 6.11. The molecule has 0 aliphatic heterocycles. The Hall–Kier alpha value is -1.74. The van der Waals surface area contributed by atoms with E-state index in [4.69, 9.17) is 0 Å². The summed E-state index contributed by atoms with van der Waals surface area (Å²) in [5, 5.41) is 10.7. The molecule has 2 rings (SSSR count). The molecule has 1 unspecified atom stereocenters. The molecule has 0 amide bonds. The van der Waals surface area contributed by atoms with Crippen molar-refractivity contribution in [1.82, 2.24) is 0 Å². The lowest BCUT2D eigenvalue weighted by atomic mass is 9.75. The van der Waals surface area contributed by atoms with Crippen LogP contribution < -0.4 is 0 Å². The summed E-state index contributed by atoms with van der Waals surface area (Å²) in [4.78, 5) is 0. The van der Waals surface area contributed by atoms with Gasteiger partial charge in [-0.2, -0.15) is 0 Å². The number of halogens is 2. The van der Waals surface area contributed by atoms with Gasteiger partial charge in [0.05, 0.1) is 6.10 Å². The highest BCUT2D eigenvalue weighted by atomic mass is 19.1. The van der Waals surface area contributed by atoms with Crippen LogP contribution in [-0.4, -0.2) is 5.11 Å². The fourth-order valence-corrected chi connectivity index (χ4v) is 2.67. The van der Waals surface area contributed by atoms with Crippen LogP contribution in [0.15, 0.2) is 36.4 Å². The summed E-state index contributed by atoms with van der Waals surface area (Å²) in [6.45, 7) is 7.25. The number of aryl methyl sites for hydroxylation is 2. The van der Waals surface area contributed by atoms with Gasteiger partial charge in [0.1, 0.15) is 11.6 Å². The smallest absolute Gasteiger partial charge is 0.129 e. The quantitative estimate of drug-likeness (QED) is 0.876. The molecule has 0 aliphatic carbocycles. The average Bonchev–Trinajstić information content (AvgIpc) is 2.37. The second kappa shape index (κ2) is 5.57. The standard InChI is InChI=1S/C18H20F2O/c1-11-9-12(2)16(15(20)10-11)17(21)18(3,4)13-5-7-14(19)8-6-13/h5-10,17,21H,1-4H3. The number of hydrogen-bond donors (Lipinski definition) is 1. The molecule has 0 aromatic heterocycles. The van der Waals surface area contributed by atoms with Crippen molar-refractivity contribution < 1.29 is 13.9 Å². The maximum absolute atomic E-state index is 14.3. The molecule has 112 valence electrons. The molecule has 0 spiro atoms. The van der Waals surface area contributed by atoms with Crippen molar-refractivity contribution >= 4 is 0 Å². The molecule has 2 aromatic carbocycles. The van der Waals surface area contributed by atoms with Crippen LogP contribution in [0.5, 0.6) is 0 Å². The molecule has 0 radical (unpaired) electrons. The molecule has 0 heterocycles. The molecular formula is C18H20F2O. The van der Waals surface area contributed by atoms with Crippen LogP contribution >= 0.6 is 0 Å². The van der Waals surface area contributed by atoms with Crippen molar-refractivity contribution in [1.29, 1.82) is 0 Å². The normalized spacial score (nSPS) is 13.3. The monoisotopic (exact) mass is 290 g/mol. The first-order valence-corrected chi connectivity index (χ1v) is 6.94. The maximum Gasteiger partial charge on any atom is 0.129 e. The van der Waals surface area contributed by atoms with E-state index in [-0.39, 0.29) is 5.82 Å². The fourth-order valence-electron chi connectivity index (χ4n) is 2.67. The highest BCUT2D eigenvalue weighted by Crippen LogP contribution is 2.39. The number of hydrogen-bond acceptors (Lipinski definition) is 1. The van der Waals surface area contributed by atoms with Crippen molar-refractivity contribution in [3.63, 3.8) is 0 Å². The third kappa shape index (κ3) is 2.98. The van der Waals surface area contributed by atoms with Crippen LogP contribution in [0.4, 0.5) is 8.78 Å². The van der Waals surface area contributed by atoms with Crippen LogP contribution in [0.3, 0.4) is 0 Å². The topological polar surface area (TPSA) is 20.2 Å². The minimum atomic E-state index is -1.01. The van der Waals surface area contributed by atoms with Crippen LogP contribution in [0.2, 0.25) is 0 Å². The van der Waals surface area contributed by atoms with Gasteiger partial charge in [-0.3, -0.25) is 0 Å². The highest BCUT2D eigenvalue weighted by Gasteiger charge is 2.33. The van der Waals surface area contributed by atoms with Gasteiger partial charge in [-0.25, -0.2) is 8.78 Å². The third-order valence-electron chi connectivity index (χ3n) is 4.03. The first kappa shape index (κ1) is 15.6. The zero-order valence-electron chi connectivity index (χ0n) is 12.7. The summed E-state index contributed by atoms with van der Waals surface area (Å²) in [6, 6.07) is 9.22. The zero-order valence-corrected chi connectivity index (χ0v) is 12.7. The summed E-state index contributed by atoms with van der Waals surface area (Å²) in [7, 11) is 0. The molecule has 0 aliphatic rings. The van der Waals surface area contributed by atoms with E-state index >= 15 is 0 Å². The van der Waals surface area contributed by atoms with Gasteiger partial charge in [-0.15, -0.1) is 0 Å². The van der Waals surface area contributed by atoms with Crippen LogP contribution in [0, 0.1) is 25.5 Å². The lowest BCUT2D eigenvalue weighted by Gasteiger charge is -2.32. The Kier molecular flexibility index (Phi) is 4.15. The second-order valence-electron chi connectivity index (χ2n) is 6.11. The van der Waals surface area contributed by atoms with E-state index < -0.39 is 17.3 Å². The Morgan fingerprint density at radius 1 is 1.00 bits per heavy atom. The average molecular weight is 290 g/mol. The first-order chi connectivity index (χ1) is 9.73. The summed E-state index contributed by atoms with van der Waals surface area (Å²) in [5.41, 5.74) is 1.87. The van der Waals surface area contributed by atoms with Crippen molar-refractivity contribution in [2.75, 3.05) is 0 Å². The molecule has 3 heteroatoms. The maximum atomic E-state index is 14.3. The highest BCUT2D eigenvalue weighted by molar-refractivity contribution is 5.38. The SMILES string of the molecule is Cc1cc(C)c(C(O)C(C)(C)c2ccc(F)cc2)c(F)c1. The number of aliphatic hydroxyl groups excluding tert-OH is 1. The van der Waals surface area contributed by atoms with Gasteiger partial charge < -0.3 is 5.11 Å². The summed E-state index contributed by atoms with van der Waals surface area (Å²) >= 11 is 0. The molecule has 0 bridgehead atoms. The Morgan fingerprint density at radius 3 is 2.10 bits per heavy atom. The first-order valence-electron chi connectivity index (χ1n) is 6.94. The number of rotatable bonds is 3. The van der Waals surface area contributed by atoms with Crippen LogP contribution in [-0.2, 0) is 5.41 Å². The predicted octanol–water partition coefficient (Wildman–Crippen LogP) is 4.59. The summed E-state index contributed by atoms with van der Waals surface area (Å²) in [6.07, 6.45) is -1.01. The van der Waals surface area contributed by atoms with Gasteiger partial charge >= 0.3 is 0 Å². The van der Waals surface area contributed by atoms with Gasteiger partial charge in [0.15, 0.2) is 0 Å². The summed E-state index contributed by atoms with van der Waals surface area (Å²) < 4.78 is 27.3. The largest absolute Gasteiger partial charge is 0.387 e. The van der Waals surface area contributed by atoms with Crippen molar-refractivity contribution in [2.24, 2.45) is 0 Å². The van der Waals surface area contributed by atoms with Gasteiger partial charge in [0.2, 0.25) is 0 Å². The van der Waals surface area contributed by atoms with E-state index in [1.807, 2.05) is 26.8 Å². The van der Waals surface area contributed by atoms with Gasteiger partial charge in [0.25, 0.3) is 0 Å². The van der Waals surface area contributed by atoms with Crippen LogP contribution in [0.1, 0.15) is 42.2 Å². The molecular weight excluding hydrogens is 270 g/mol. The predicted molar refractivity (Wildman–Crippen MR) is 80.3 cm³/mol. The van der Waals surface area contributed by atoms with Gasteiger partial charge in [-0.05, 0) is 48.7 Å². The van der Waals surface area contributed by atoms with E-state index in [9.17, 15) is 13.9 Å². The minimum absolute atomic E-state index is 0.301. The lowest BCUT2D eigenvalue weighted by molar-refractivity contribution is 0.0958. The van der Waals surface area contributed by atoms with E-state index in [0.717, 1.165) is 16.7 Å². The molecule has 1 nitrogen and oxygen atoms in total.